The molecule has 1 fully saturated rings. The highest BCUT2D eigenvalue weighted by Gasteiger charge is 2.28. The van der Waals surface area contributed by atoms with Crippen molar-refractivity contribution in [2.24, 2.45) is 5.73 Å². The van der Waals surface area contributed by atoms with Gasteiger partial charge in [0.1, 0.15) is 0 Å². The van der Waals surface area contributed by atoms with E-state index in [9.17, 15) is 0 Å². The first-order chi connectivity index (χ1) is 7.20. The molecule has 3 N–H and O–H groups in total. The monoisotopic (exact) mass is 230 g/mol. The molecule has 88 valence electrons. The van der Waals surface area contributed by atoms with E-state index in [1.54, 1.807) is 0 Å². The number of nitrogens with zero attached hydrogens (tertiary/aromatic N) is 1. The van der Waals surface area contributed by atoms with Crippen molar-refractivity contribution < 1.29 is 5.11 Å². The topological polar surface area (TPSA) is 49.5 Å². The van der Waals surface area contributed by atoms with Gasteiger partial charge in [-0.05, 0) is 19.3 Å². The second kappa shape index (κ2) is 6.40. The molecule has 1 saturated carbocycles. The summed E-state index contributed by atoms with van der Waals surface area (Å²) in [6.45, 7) is 2.99. The predicted molar refractivity (Wildman–Crippen MR) is 66.9 cm³/mol. The highest BCUT2D eigenvalue weighted by Crippen LogP contribution is 2.25. The summed E-state index contributed by atoms with van der Waals surface area (Å²) in [6.07, 6.45) is 5.96. The third-order valence-electron chi connectivity index (χ3n) is 3.27. The summed E-state index contributed by atoms with van der Waals surface area (Å²) in [5.41, 5.74) is 5.75. The third-order valence-corrected chi connectivity index (χ3v) is 3.54. The highest BCUT2D eigenvalue weighted by molar-refractivity contribution is 7.80. The summed E-state index contributed by atoms with van der Waals surface area (Å²) in [7, 11) is 0. The summed E-state index contributed by atoms with van der Waals surface area (Å²) < 4.78 is 0. The molecule has 1 aliphatic carbocycles. The van der Waals surface area contributed by atoms with Gasteiger partial charge in [-0.25, -0.2) is 0 Å². The number of thiocarbonyl (C=S) groups is 1. The van der Waals surface area contributed by atoms with Gasteiger partial charge in [0.05, 0.1) is 17.6 Å². The van der Waals surface area contributed by atoms with Crippen molar-refractivity contribution in [3.05, 3.63) is 0 Å². The van der Waals surface area contributed by atoms with Crippen molar-refractivity contribution in [2.75, 3.05) is 13.2 Å². The van der Waals surface area contributed by atoms with Crippen LogP contribution < -0.4 is 5.73 Å². The molecule has 1 atom stereocenters. The third kappa shape index (κ3) is 3.40. The molecule has 0 bridgehead atoms. The fraction of sp³-hybridized carbons (Fsp3) is 0.909. The Balaban J connectivity index is 2.65. The van der Waals surface area contributed by atoms with Crippen molar-refractivity contribution in [2.45, 2.75) is 51.1 Å². The van der Waals surface area contributed by atoms with Gasteiger partial charge in [-0.1, -0.05) is 32.0 Å². The lowest BCUT2D eigenvalue weighted by atomic mass is 10.1. The summed E-state index contributed by atoms with van der Waals surface area (Å²) in [5, 5.41) is 9.10. The van der Waals surface area contributed by atoms with E-state index in [0.717, 1.165) is 6.42 Å². The fourth-order valence-corrected chi connectivity index (χ4v) is 2.85. The Labute approximate surface area is 97.6 Å². The van der Waals surface area contributed by atoms with Crippen molar-refractivity contribution in [3.63, 3.8) is 0 Å². The Hall–Kier alpha value is -0.190. The molecular weight excluding hydrogens is 208 g/mol. The van der Waals surface area contributed by atoms with Crippen molar-refractivity contribution >= 4 is 17.2 Å². The van der Waals surface area contributed by atoms with Crippen molar-refractivity contribution in [1.82, 2.24) is 4.90 Å². The van der Waals surface area contributed by atoms with Crippen LogP contribution in [0.5, 0.6) is 0 Å². The Bertz CT molecular complexity index is 205. The second-order valence-electron chi connectivity index (χ2n) is 4.23. The van der Waals surface area contributed by atoms with Crippen LogP contribution >= 0.6 is 12.2 Å². The number of hydrogen-bond acceptors (Lipinski definition) is 3. The van der Waals surface area contributed by atoms with Gasteiger partial charge in [0.2, 0.25) is 0 Å². The first kappa shape index (κ1) is 12.9. The van der Waals surface area contributed by atoms with E-state index in [1.165, 1.54) is 25.7 Å². The van der Waals surface area contributed by atoms with Crippen LogP contribution in [-0.2, 0) is 0 Å². The molecular formula is C11H22N2OS. The largest absolute Gasteiger partial charge is 0.395 e. The van der Waals surface area contributed by atoms with Gasteiger partial charge < -0.3 is 10.8 Å². The van der Waals surface area contributed by atoms with E-state index in [1.807, 2.05) is 0 Å². The Kier molecular flexibility index (Phi) is 5.50. The molecule has 0 amide bonds. The average molecular weight is 230 g/mol. The van der Waals surface area contributed by atoms with E-state index in [0.29, 0.717) is 17.6 Å². The quantitative estimate of drug-likeness (QED) is 0.675. The molecule has 1 unspecified atom stereocenters. The Morgan fingerprint density at radius 1 is 1.53 bits per heavy atom. The maximum atomic E-state index is 9.10. The zero-order chi connectivity index (χ0) is 11.3. The number of hydrogen-bond donors (Lipinski definition) is 2. The van der Waals surface area contributed by atoms with Gasteiger partial charge in [-0.2, -0.15) is 0 Å². The minimum Gasteiger partial charge on any atom is -0.395 e. The van der Waals surface area contributed by atoms with Gasteiger partial charge >= 0.3 is 0 Å². The number of nitrogens with two attached hydrogens (primary N) is 1. The van der Waals surface area contributed by atoms with E-state index < -0.39 is 0 Å². The summed E-state index contributed by atoms with van der Waals surface area (Å²) in [5.74, 6) is 0. The minimum absolute atomic E-state index is 0.162. The average Bonchev–Trinajstić information content (AvgIpc) is 2.69. The maximum absolute atomic E-state index is 9.10. The zero-order valence-electron chi connectivity index (χ0n) is 9.48. The highest BCUT2D eigenvalue weighted by atomic mass is 32.1. The smallest absolute Gasteiger partial charge is 0.0902 e. The Morgan fingerprint density at radius 2 is 2.13 bits per heavy atom. The van der Waals surface area contributed by atoms with Gasteiger partial charge in [-0.15, -0.1) is 0 Å². The van der Waals surface area contributed by atoms with Crippen LogP contribution in [0, 0.1) is 0 Å². The molecule has 15 heavy (non-hydrogen) atoms. The second-order valence-corrected chi connectivity index (χ2v) is 4.70. The van der Waals surface area contributed by atoms with Gasteiger partial charge in [0, 0.05) is 12.6 Å². The van der Waals surface area contributed by atoms with Crippen LogP contribution in [0.15, 0.2) is 0 Å². The first-order valence-corrected chi connectivity index (χ1v) is 6.27. The molecule has 0 aliphatic heterocycles. The van der Waals surface area contributed by atoms with E-state index in [4.69, 9.17) is 23.1 Å². The molecule has 0 heterocycles. The molecule has 4 heteroatoms. The summed E-state index contributed by atoms with van der Waals surface area (Å²) >= 11 is 5.10. The molecule has 1 aliphatic rings. The number of aliphatic hydroxyl groups is 1. The molecule has 1 rings (SSSR count). The predicted octanol–water partition coefficient (Wildman–Crippen LogP) is 1.29. The van der Waals surface area contributed by atoms with E-state index in [-0.39, 0.29) is 12.6 Å². The van der Waals surface area contributed by atoms with Gasteiger partial charge in [-0.3, -0.25) is 4.90 Å². The molecule has 3 nitrogen and oxygen atoms in total. The molecule has 0 radical (unpaired) electrons. The fourth-order valence-electron chi connectivity index (χ4n) is 2.54. The molecule has 0 aromatic carbocycles. The Morgan fingerprint density at radius 3 is 2.53 bits per heavy atom. The maximum Gasteiger partial charge on any atom is 0.0902 e. The van der Waals surface area contributed by atoms with Gasteiger partial charge in [0.25, 0.3) is 0 Å². The molecule has 0 aromatic heterocycles. The normalized spacial score (nSPS) is 19.7. The van der Waals surface area contributed by atoms with Crippen LogP contribution in [0.2, 0.25) is 0 Å². The first-order valence-electron chi connectivity index (χ1n) is 5.86. The number of aliphatic hydroxyl groups excluding tert-OH is 1. The lowest BCUT2D eigenvalue weighted by Crippen LogP contribution is -2.49. The van der Waals surface area contributed by atoms with Crippen LogP contribution in [0.3, 0.4) is 0 Å². The van der Waals surface area contributed by atoms with Crippen LogP contribution in [0.25, 0.3) is 0 Å². The van der Waals surface area contributed by atoms with Crippen molar-refractivity contribution in [1.29, 1.82) is 0 Å². The lowest BCUT2D eigenvalue weighted by Gasteiger charge is -2.34. The van der Waals surface area contributed by atoms with Crippen LogP contribution in [0.1, 0.15) is 39.0 Å². The van der Waals surface area contributed by atoms with Gasteiger partial charge in [0.15, 0.2) is 0 Å². The summed E-state index contributed by atoms with van der Waals surface area (Å²) in [6, 6.07) is 0.735. The minimum atomic E-state index is 0.162. The molecule has 0 aromatic rings. The lowest BCUT2D eigenvalue weighted by molar-refractivity contribution is 0.130. The van der Waals surface area contributed by atoms with Crippen molar-refractivity contribution in [3.8, 4) is 0 Å². The van der Waals surface area contributed by atoms with E-state index in [2.05, 4.69) is 11.8 Å². The molecule has 0 spiro atoms. The molecule has 0 saturated heterocycles. The van der Waals surface area contributed by atoms with Crippen LogP contribution in [-0.4, -0.2) is 40.2 Å². The number of rotatable bonds is 6. The van der Waals surface area contributed by atoms with E-state index >= 15 is 0 Å². The van der Waals surface area contributed by atoms with Crippen LogP contribution in [0.4, 0.5) is 0 Å². The SMILES string of the molecule is CCC(C(N)=S)N(CCO)C1CCCC1. The zero-order valence-corrected chi connectivity index (χ0v) is 10.3. The standard InChI is InChI=1S/C11H22N2OS/c1-2-10(11(12)15)13(7-8-14)9-5-3-4-6-9/h9-10,14H,2-8H2,1H3,(H2,12,15). The summed E-state index contributed by atoms with van der Waals surface area (Å²) in [4.78, 5) is 2.87.